The molecular formula is C29H37BrN7O2P. The predicted molar refractivity (Wildman–Crippen MR) is 168 cm³/mol. The molecule has 1 aromatic heterocycles. The van der Waals surface area contributed by atoms with E-state index in [0.717, 1.165) is 60.7 Å². The minimum absolute atomic E-state index is 0.128. The van der Waals surface area contributed by atoms with Gasteiger partial charge in [0, 0.05) is 62.1 Å². The van der Waals surface area contributed by atoms with Crippen LogP contribution in [-0.2, 0) is 14.8 Å². The lowest BCUT2D eigenvalue weighted by Crippen LogP contribution is -2.48. The first-order valence-electron chi connectivity index (χ1n) is 13.5. The highest BCUT2D eigenvalue weighted by Gasteiger charge is 2.43. The fourth-order valence-electron chi connectivity index (χ4n) is 5.27. The summed E-state index contributed by atoms with van der Waals surface area (Å²) in [6.45, 7) is 13.2. The van der Waals surface area contributed by atoms with E-state index in [-0.39, 0.29) is 5.91 Å². The van der Waals surface area contributed by atoms with Crippen LogP contribution in [0, 0.1) is 0 Å². The Labute approximate surface area is 244 Å². The van der Waals surface area contributed by atoms with E-state index in [9.17, 15) is 9.36 Å². The summed E-state index contributed by atoms with van der Waals surface area (Å²) in [5.74, 6) is 1.10. The number of anilines is 5. The number of nitrogens with one attached hydrogen (secondary N) is 2. The highest BCUT2D eigenvalue weighted by atomic mass is 79.9. The topological polar surface area (TPSA) is 93.7 Å². The Morgan fingerprint density at radius 1 is 1.02 bits per heavy atom. The molecule has 40 heavy (non-hydrogen) atoms. The number of likely N-dealkylation sites (N-methyl/N-ethyl adjacent to an activating group) is 1. The van der Waals surface area contributed by atoms with Gasteiger partial charge in [0.15, 0.2) is 0 Å². The summed E-state index contributed by atoms with van der Waals surface area (Å²) in [7, 11) is -0.343. The maximum atomic E-state index is 13.5. The van der Waals surface area contributed by atoms with Gasteiger partial charge in [-0.05, 0) is 86.1 Å². The Kier molecular flexibility index (Phi) is 8.08. The van der Waals surface area contributed by atoms with Crippen LogP contribution in [0.3, 0.4) is 0 Å². The molecule has 0 bridgehead atoms. The number of para-hydroxylation sites is 1. The Morgan fingerprint density at radius 3 is 2.48 bits per heavy atom. The molecule has 0 atom stereocenters. The van der Waals surface area contributed by atoms with E-state index in [4.69, 9.17) is 0 Å². The van der Waals surface area contributed by atoms with Gasteiger partial charge in [0.2, 0.25) is 11.9 Å². The highest BCUT2D eigenvalue weighted by molar-refractivity contribution is 9.10. The molecule has 0 saturated carbocycles. The van der Waals surface area contributed by atoms with Crippen LogP contribution in [0.1, 0.15) is 19.4 Å². The number of nitrogens with zero attached hydrogens (tertiary/aromatic N) is 5. The van der Waals surface area contributed by atoms with Gasteiger partial charge in [-0.1, -0.05) is 12.1 Å². The number of carbonyl (C=O) groups is 1. The normalized spacial score (nSPS) is 17.6. The minimum Gasteiger partial charge on any atom is -0.339 e. The number of halogens is 1. The van der Waals surface area contributed by atoms with Crippen molar-refractivity contribution in [3.63, 3.8) is 0 Å². The number of amides is 1. The van der Waals surface area contributed by atoms with E-state index < -0.39 is 12.6 Å². The molecule has 5 rings (SSSR count). The van der Waals surface area contributed by atoms with Gasteiger partial charge in [0.05, 0.1) is 15.6 Å². The summed E-state index contributed by atoms with van der Waals surface area (Å²) in [6, 6.07) is 13.6. The van der Waals surface area contributed by atoms with Crippen LogP contribution in [0.5, 0.6) is 0 Å². The van der Waals surface area contributed by atoms with Gasteiger partial charge in [0.25, 0.3) is 0 Å². The van der Waals surface area contributed by atoms with Crippen molar-refractivity contribution >= 4 is 63.1 Å². The van der Waals surface area contributed by atoms with Crippen molar-refractivity contribution in [2.45, 2.75) is 19.3 Å². The van der Waals surface area contributed by atoms with Gasteiger partial charge in [-0.3, -0.25) is 9.69 Å². The number of hydrogen-bond acceptors (Lipinski definition) is 8. The highest BCUT2D eigenvalue weighted by Crippen LogP contribution is 2.43. The molecule has 1 amide bonds. The Bertz CT molecular complexity index is 1470. The number of rotatable bonds is 8. The maximum Gasteiger partial charge on any atom is 0.237 e. The molecule has 2 N–H and O–H groups in total. The van der Waals surface area contributed by atoms with Gasteiger partial charge in [-0.25, -0.2) is 4.98 Å². The average Bonchev–Trinajstić information content (AvgIpc) is 3.10. The van der Waals surface area contributed by atoms with Gasteiger partial charge >= 0.3 is 0 Å². The zero-order valence-corrected chi connectivity index (χ0v) is 26.2. The molecule has 9 nitrogen and oxygen atoms in total. The third-order valence-electron chi connectivity index (χ3n) is 7.71. The van der Waals surface area contributed by atoms with Crippen molar-refractivity contribution in [1.82, 2.24) is 19.8 Å². The van der Waals surface area contributed by atoms with Crippen LogP contribution in [0.15, 0.2) is 53.1 Å². The van der Waals surface area contributed by atoms with Crippen LogP contribution in [-0.4, -0.2) is 85.3 Å². The number of benzene rings is 2. The minimum atomic E-state index is -2.49. The summed E-state index contributed by atoms with van der Waals surface area (Å²) >= 11 is 3.53. The summed E-state index contributed by atoms with van der Waals surface area (Å²) in [6.07, 6.45) is 1.68. The van der Waals surface area contributed by atoms with Crippen LogP contribution >= 0.6 is 23.1 Å². The number of fused-ring (bicyclic) bond motifs is 1. The molecule has 2 aliphatic heterocycles. The van der Waals surface area contributed by atoms with Crippen molar-refractivity contribution in [2.75, 3.05) is 75.2 Å². The number of carbonyl (C=O) groups excluding carboxylic acids is 1. The fourth-order valence-corrected chi connectivity index (χ4v) is 6.71. The Morgan fingerprint density at radius 2 is 1.75 bits per heavy atom. The van der Waals surface area contributed by atoms with Crippen LogP contribution in [0.2, 0.25) is 0 Å². The molecule has 0 radical (unpaired) electrons. The van der Waals surface area contributed by atoms with E-state index in [1.807, 2.05) is 61.2 Å². The zero-order chi connectivity index (χ0) is 28.7. The van der Waals surface area contributed by atoms with Crippen LogP contribution in [0.4, 0.5) is 28.8 Å². The van der Waals surface area contributed by atoms with E-state index in [1.165, 1.54) is 0 Å². The quantitative estimate of drug-likeness (QED) is 0.343. The fraction of sp³-hybridized carbons (Fsp3) is 0.414. The van der Waals surface area contributed by atoms with E-state index >= 15 is 0 Å². The number of aromatic nitrogens is 2. The maximum absolute atomic E-state index is 13.5. The molecule has 0 spiro atoms. The molecule has 11 heteroatoms. The second-order valence-electron chi connectivity index (χ2n) is 11.5. The molecule has 0 unspecified atom stereocenters. The Balaban J connectivity index is 1.34. The lowest BCUT2D eigenvalue weighted by molar-refractivity contribution is -0.122. The molecule has 3 aromatic rings. The van der Waals surface area contributed by atoms with Gasteiger partial charge in [0.1, 0.15) is 13.0 Å². The van der Waals surface area contributed by atoms with Crippen molar-refractivity contribution < 1.29 is 9.36 Å². The molecule has 212 valence electrons. The lowest BCUT2D eigenvalue weighted by Gasteiger charge is -2.33. The summed E-state index contributed by atoms with van der Waals surface area (Å²) in [5, 5.41) is 7.38. The second-order valence-corrected chi connectivity index (χ2v) is 15.5. The summed E-state index contributed by atoms with van der Waals surface area (Å²) in [4.78, 5) is 29.3. The third-order valence-corrected chi connectivity index (χ3v) is 9.84. The zero-order valence-electron chi connectivity index (χ0n) is 23.7. The Hall–Kier alpha value is -2.78. The van der Waals surface area contributed by atoms with Crippen molar-refractivity contribution in [2.24, 2.45) is 0 Å². The predicted octanol–water partition coefficient (Wildman–Crippen LogP) is 4.85. The first kappa shape index (κ1) is 28.7. The van der Waals surface area contributed by atoms with Crippen molar-refractivity contribution in [3.05, 3.63) is 58.7 Å². The molecular weight excluding hydrogens is 589 g/mol. The van der Waals surface area contributed by atoms with Gasteiger partial charge in [-0.2, -0.15) is 4.98 Å². The monoisotopic (exact) mass is 625 g/mol. The molecule has 2 aromatic carbocycles. The van der Waals surface area contributed by atoms with E-state index in [0.29, 0.717) is 22.8 Å². The number of piperazine rings is 1. The lowest BCUT2D eigenvalue weighted by atomic mass is 9.86. The van der Waals surface area contributed by atoms with E-state index in [2.05, 4.69) is 53.4 Å². The third kappa shape index (κ3) is 5.96. The van der Waals surface area contributed by atoms with E-state index in [1.54, 1.807) is 19.5 Å². The molecule has 1 fully saturated rings. The average molecular weight is 627 g/mol. The molecule has 0 aliphatic carbocycles. The van der Waals surface area contributed by atoms with Crippen molar-refractivity contribution in [3.8, 4) is 0 Å². The first-order chi connectivity index (χ1) is 18.9. The van der Waals surface area contributed by atoms with Gasteiger partial charge in [-0.15, -0.1) is 0 Å². The van der Waals surface area contributed by atoms with Gasteiger partial charge < -0.3 is 25.0 Å². The summed E-state index contributed by atoms with van der Waals surface area (Å²) < 4.78 is 13.5. The summed E-state index contributed by atoms with van der Waals surface area (Å²) in [5.41, 5.74) is 2.89. The molecule has 2 aliphatic rings. The van der Waals surface area contributed by atoms with Crippen molar-refractivity contribution in [1.29, 1.82) is 0 Å². The SMILES string of the molecule is CN1CCN(CCN2C(=O)C(C)(C)c3cc(Nc4ncc(Br)c(Nc5ccccc5P(C)(C)=O)n4)ccc32)CC1. The number of hydrogen-bond donors (Lipinski definition) is 2. The molecule has 3 heterocycles. The smallest absolute Gasteiger partial charge is 0.237 e. The first-order valence-corrected chi connectivity index (χ1v) is 16.9. The standard InChI is InChI=1S/C29H37BrN7O2P/c1-29(2)21-18-20(10-11-24(21)37(27(29)38)17-16-36-14-12-35(3)13-15-36)32-28-31-19-22(30)26(34-28)33-23-8-6-7-9-25(23)40(4,5)39/h6-11,18-19H,12-17H2,1-5H3,(H2,31,32,33,34). The van der Waals surface area contributed by atoms with Crippen LogP contribution < -0.4 is 20.8 Å². The second kappa shape index (κ2) is 11.2. The van der Waals surface area contributed by atoms with Crippen LogP contribution in [0.25, 0.3) is 0 Å². The largest absolute Gasteiger partial charge is 0.339 e. The molecule has 1 saturated heterocycles.